The number of nitrogens with one attached hydrogen (secondary N) is 1. The summed E-state index contributed by atoms with van der Waals surface area (Å²) in [7, 11) is -3.28. The average molecular weight is 282 g/mol. The van der Waals surface area contributed by atoms with Crippen molar-refractivity contribution in [2.24, 2.45) is 5.73 Å². The minimum atomic E-state index is -4.27. The van der Waals surface area contributed by atoms with Crippen molar-refractivity contribution >= 4 is 27.9 Å². The van der Waals surface area contributed by atoms with Crippen LogP contribution in [0.2, 0.25) is 0 Å². The molecular weight excluding hydrogens is 268 g/mol. The van der Waals surface area contributed by atoms with Crippen molar-refractivity contribution in [1.29, 1.82) is 0 Å². The molecular formula is C8H14N2O7S. The molecule has 0 saturated carbocycles. The van der Waals surface area contributed by atoms with Crippen molar-refractivity contribution in [3.8, 4) is 0 Å². The van der Waals surface area contributed by atoms with Gasteiger partial charge in [-0.3, -0.25) is 14.4 Å². The molecule has 4 N–H and O–H groups in total. The molecule has 1 amide bonds. The van der Waals surface area contributed by atoms with Gasteiger partial charge < -0.3 is 15.6 Å². The van der Waals surface area contributed by atoms with Gasteiger partial charge in [-0.2, -0.15) is 4.72 Å². The van der Waals surface area contributed by atoms with Crippen molar-refractivity contribution in [2.75, 3.05) is 7.11 Å². The van der Waals surface area contributed by atoms with Crippen LogP contribution in [-0.4, -0.2) is 49.8 Å². The molecule has 0 bridgehead atoms. The molecule has 0 aliphatic heterocycles. The summed E-state index contributed by atoms with van der Waals surface area (Å²) < 4.78 is 29.1. The minimum absolute atomic E-state index is 0.720. The van der Waals surface area contributed by atoms with Crippen molar-refractivity contribution in [2.45, 2.75) is 24.6 Å². The van der Waals surface area contributed by atoms with E-state index in [9.17, 15) is 22.8 Å². The first-order valence-corrected chi connectivity index (χ1v) is 6.26. The number of primary amides is 1. The van der Waals surface area contributed by atoms with E-state index in [4.69, 9.17) is 10.8 Å². The predicted octanol–water partition coefficient (Wildman–Crippen LogP) is -2.20. The summed E-state index contributed by atoms with van der Waals surface area (Å²) in [6, 6.07) is -1.72. The summed E-state index contributed by atoms with van der Waals surface area (Å²) in [5.74, 6) is -3.61. The lowest BCUT2D eigenvalue weighted by atomic mass is 10.2. The molecule has 2 unspecified atom stereocenters. The third-order valence-corrected chi connectivity index (χ3v) is 3.74. The van der Waals surface area contributed by atoms with Gasteiger partial charge in [0, 0.05) is 0 Å². The van der Waals surface area contributed by atoms with Crippen LogP contribution < -0.4 is 10.5 Å². The fourth-order valence-corrected chi connectivity index (χ4v) is 2.11. The Labute approximate surface area is 103 Å². The summed E-state index contributed by atoms with van der Waals surface area (Å²) in [6.07, 6.45) is -0.720. The van der Waals surface area contributed by atoms with Crippen molar-refractivity contribution < 1.29 is 32.6 Å². The smallest absolute Gasteiger partial charge is 0.325 e. The second kappa shape index (κ2) is 6.31. The summed E-state index contributed by atoms with van der Waals surface area (Å²) >= 11 is 0. The number of aliphatic carboxylic acids is 1. The van der Waals surface area contributed by atoms with Gasteiger partial charge in [0.1, 0.15) is 6.04 Å². The highest BCUT2D eigenvalue weighted by Gasteiger charge is 2.33. The first kappa shape index (κ1) is 16.3. The molecule has 0 aliphatic rings. The molecule has 0 saturated heterocycles. The van der Waals surface area contributed by atoms with Gasteiger partial charge in [0.05, 0.1) is 13.5 Å². The maximum absolute atomic E-state index is 11.6. The highest BCUT2D eigenvalue weighted by molar-refractivity contribution is 7.90. The van der Waals surface area contributed by atoms with Gasteiger partial charge in [-0.05, 0) is 6.92 Å². The molecule has 104 valence electrons. The number of carbonyl (C=O) groups excluding carboxylic acids is 2. The highest BCUT2D eigenvalue weighted by atomic mass is 32.2. The maximum Gasteiger partial charge on any atom is 0.325 e. The SMILES string of the molecule is COC(=O)C(C)S(=O)(=O)NC(CC(N)=O)C(=O)O. The molecule has 10 heteroatoms. The van der Waals surface area contributed by atoms with Crippen LogP contribution in [0.3, 0.4) is 0 Å². The Hall–Kier alpha value is -1.68. The van der Waals surface area contributed by atoms with Gasteiger partial charge in [0.25, 0.3) is 0 Å². The molecule has 18 heavy (non-hydrogen) atoms. The van der Waals surface area contributed by atoms with Crippen LogP contribution in [0.4, 0.5) is 0 Å². The predicted molar refractivity (Wildman–Crippen MR) is 58.8 cm³/mol. The summed E-state index contributed by atoms with van der Waals surface area (Å²) in [4.78, 5) is 32.4. The monoisotopic (exact) mass is 282 g/mol. The number of hydrogen-bond donors (Lipinski definition) is 3. The number of carboxylic acids is 1. The number of carboxylic acid groups (broad SMARTS) is 1. The van der Waals surface area contributed by atoms with Gasteiger partial charge in [-0.15, -0.1) is 0 Å². The topological polar surface area (TPSA) is 153 Å². The normalized spacial score (nSPS) is 14.6. The molecule has 0 fully saturated rings. The van der Waals surface area contributed by atoms with Crippen molar-refractivity contribution in [3.63, 3.8) is 0 Å². The van der Waals surface area contributed by atoms with Crippen LogP contribution in [0.25, 0.3) is 0 Å². The Bertz CT molecular complexity index is 444. The van der Waals surface area contributed by atoms with E-state index < -0.39 is 45.6 Å². The second-order valence-corrected chi connectivity index (χ2v) is 5.42. The summed E-state index contributed by atoms with van der Waals surface area (Å²) in [6.45, 7) is 1.03. The number of carbonyl (C=O) groups is 3. The summed E-state index contributed by atoms with van der Waals surface area (Å²) in [5.41, 5.74) is 4.78. The first-order chi connectivity index (χ1) is 8.11. The van der Waals surface area contributed by atoms with E-state index in [-0.39, 0.29) is 0 Å². The van der Waals surface area contributed by atoms with E-state index in [0.29, 0.717) is 0 Å². The van der Waals surface area contributed by atoms with E-state index in [0.717, 1.165) is 14.0 Å². The van der Waals surface area contributed by atoms with Crippen LogP contribution >= 0.6 is 0 Å². The Morgan fingerprint density at radius 2 is 1.89 bits per heavy atom. The number of rotatable bonds is 7. The quantitative estimate of drug-likeness (QED) is 0.447. The van der Waals surface area contributed by atoms with Gasteiger partial charge in [0.2, 0.25) is 15.9 Å². The zero-order valence-corrected chi connectivity index (χ0v) is 10.6. The molecule has 0 heterocycles. The Morgan fingerprint density at radius 3 is 2.22 bits per heavy atom. The molecule has 9 nitrogen and oxygen atoms in total. The maximum atomic E-state index is 11.6. The molecule has 0 aromatic rings. The Kier molecular flexibility index (Phi) is 5.72. The Balaban J connectivity index is 4.97. The molecule has 0 spiro atoms. The van der Waals surface area contributed by atoms with Crippen LogP contribution in [0.1, 0.15) is 13.3 Å². The van der Waals surface area contributed by atoms with Crippen LogP contribution in [0, 0.1) is 0 Å². The number of ether oxygens (including phenoxy) is 1. The van der Waals surface area contributed by atoms with E-state index in [2.05, 4.69) is 4.74 Å². The van der Waals surface area contributed by atoms with E-state index in [1.54, 1.807) is 4.72 Å². The lowest BCUT2D eigenvalue weighted by molar-refractivity contribution is -0.141. The number of amides is 1. The van der Waals surface area contributed by atoms with Crippen molar-refractivity contribution in [1.82, 2.24) is 4.72 Å². The van der Waals surface area contributed by atoms with Crippen molar-refractivity contribution in [3.05, 3.63) is 0 Å². The number of esters is 1. The molecule has 0 aliphatic carbocycles. The zero-order valence-electron chi connectivity index (χ0n) is 9.74. The van der Waals surface area contributed by atoms with Gasteiger partial charge in [-0.25, -0.2) is 8.42 Å². The number of methoxy groups -OCH3 is 1. The highest BCUT2D eigenvalue weighted by Crippen LogP contribution is 2.04. The Morgan fingerprint density at radius 1 is 1.39 bits per heavy atom. The molecule has 2 atom stereocenters. The lowest BCUT2D eigenvalue weighted by Gasteiger charge is -2.16. The summed E-state index contributed by atoms with van der Waals surface area (Å²) in [5, 5.41) is 7.11. The number of sulfonamides is 1. The molecule has 0 aromatic heterocycles. The number of nitrogens with two attached hydrogens (primary N) is 1. The standard InChI is InChI=1S/C8H14N2O7S/c1-4(8(14)17-2)18(15,16)10-5(7(12)13)3-6(9)11/h4-5,10H,3H2,1-2H3,(H2,9,11)(H,12,13). The van der Waals surface area contributed by atoms with E-state index in [1.165, 1.54) is 0 Å². The third kappa shape index (κ3) is 4.67. The zero-order chi connectivity index (χ0) is 14.5. The number of hydrogen-bond acceptors (Lipinski definition) is 6. The largest absolute Gasteiger partial charge is 0.480 e. The molecule has 0 radical (unpaired) electrons. The third-order valence-electron chi connectivity index (χ3n) is 2.01. The fraction of sp³-hybridized carbons (Fsp3) is 0.625. The second-order valence-electron chi connectivity index (χ2n) is 3.39. The van der Waals surface area contributed by atoms with E-state index >= 15 is 0 Å². The first-order valence-electron chi connectivity index (χ1n) is 4.72. The van der Waals surface area contributed by atoms with Crippen LogP contribution in [0.15, 0.2) is 0 Å². The van der Waals surface area contributed by atoms with Crippen LogP contribution in [-0.2, 0) is 29.1 Å². The fourth-order valence-electron chi connectivity index (χ4n) is 0.974. The molecule has 0 rings (SSSR count). The molecule has 0 aromatic carbocycles. The van der Waals surface area contributed by atoms with Gasteiger partial charge in [-0.1, -0.05) is 0 Å². The van der Waals surface area contributed by atoms with Crippen LogP contribution in [0.5, 0.6) is 0 Å². The average Bonchev–Trinajstić information content (AvgIpc) is 2.24. The van der Waals surface area contributed by atoms with Gasteiger partial charge >= 0.3 is 11.9 Å². The van der Waals surface area contributed by atoms with E-state index in [1.807, 2.05) is 0 Å². The lowest BCUT2D eigenvalue weighted by Crippen LogP contribution is -2.48. The van der Waals surface area contributed by atoms with Gasteiger partial charge in [0.15, 0.2) is 5.25 Å². The minimum Gasteiger partial charge on any atom is -0.480 e.